The lowest BCUT2D eigenvalue weighted by atomic mass is 10.1. The van der Waals surface area contributed by atoms with Gasteiger partial charge in [-0.15, -0.1) is 0 Å². The zero-order valence-electron chi connectivity index (χ0n) is 11.4. The van der Waals surface area contributed by atoms with Crippen LogP contribution in [0.2, 0.25) is 0 Å². The molecule has 19 heavy (non-hydrogen) atoms. The summed E-state index contributed by atoms with van der Waals surface area (Å²) in [5.41, 5.74) is 2.62. The Morgan fingerprint density at radius 1 is 1.21 bits per heavy atom. The summed E-state index contributed by atoms with van der Waals surface area (Å²) < 4.78 is 5.41. The molecule has 1 aromatic carbocycles. The first kappa shape index (κ1) is 13.2. The maximum absolute atomic E-state index is 12.1. The SMILES string of the molecule is CNc1ccc(C(=O)NCc2ccc(C)o2)c(C)c1. The molecular formula is C15H18N2O2. The van der Waals surface area contributed by atoms with Crippen molar-refractivity contribution >= 4 is 11.6 Å². The minimum absolute atomic E-state index is 0.0887. The lowest BCUT2D eigenvalue weighted by molar-refractivity contribution is 0.0947. The first-order valence-electron chi connectivity index (χ1n) is 6.22. The quantitative estimate of drug-likeness (QED) is 0.886. The zero-order valence-corrected chi connectivity index (χ0v) is 11.4. The number of rotatable bonds is 4. The first-order chi connectivity index (χ1) is 9.10. The lowest BCUT2D eigenvalue weighted by Crippen LogP contribution is -2.23. The molecule has 4 nitrogen and oxygen atoms in total. The molecule has 0 saturated carbocycles. The van der Waals surface area contributed by atoms with Gasteiger partial charge in [0.15, 0.2) is 0 Å². The highest BCUT2D eigenvalue weighted by Gasteiger charge is 2.09. The molecule has 4 heteroatoms. The molecule has 0 aliphatic rings. The number of furan rings is 1. The number of aryl methyl sites for hydroxylation is 2. The molecule has 0 fully saturated rings. The average molecular weight is 258 g/mol. The van der Waals surface area contributed by atoms with Crippen LogP contribution in [0.25, 0.3) is 0 Å². The fourth-order valence-corrected chi connectivity index (χ4v) is 1.92. The molecule has 0 aliphatic carbocycles. The van der Waals surface area contributed by atoms with E-state index in [0.29, 0.717) is 12.1 Å². The van der Waals surface area contributed by atoms with Crippen LogP contribution in [0.15, 0.2) is 34.7 Å². The highest BCUT2D eigenvalue weighted by Crippen LogP contribution is 2.15. The highest BCUT2D eigenvalue weighted by molar-refractivity contribution is 5.96. The molecular weight excluding hydrogens is 240 g/mol. The van der Waals surface area contributed by atoms with Gasteiger partial charge in [0.1, 0.15) is 11.5 Å². The largest absolute Gasteiger partial charge is 0.465 e. The fourth-order valence-electron chi connectivity index (χ4n) is 1.92. The van der Waals surface area contributed by atoms with Crippen molar-refractivity contribution in [3.05, 3.63) is 53.0 Å². The van der Waals surface area contributed by atoms with E-state index in [9.17, 15) is 4.79 Å². The number of benzene rings is 1. The third-order valence-corrected chi connectivity index (χ3v) is 2.98. The maximum Gasteiger partial charge on any atom is 0.251 e. The van der Waals surface area contributed by atoms with Crippen LogP contribution in [-0.4, -0.2) is 13.0 Å². The van der Waals surface area contributed by atoms with Crippen molar-refractivity contribution in [2.45, 2.75) is 20.4 Å². The highest BCUT2D eigenvalue weighted by atomic mass is 16.3. The Balaban J connectivity index is 2.03. The van der Waals surface area contributed by atoms with E-state index in [1.807, 2.05) is 51.2 Å². The normalized spacial score (nSPS) is 10.3. The van der Waals surface area contributed by atoms with E-state index in [2.05, 4.69) is 10.6 Å². The van der Waals surface area contributed by atoms with Gasteiger partial charge in [0.2, 0.25) is 0 Å². The van der Waals surface area contributed by atoms with E-state index in [-0.39, 0.29) is 5.91 Å². The smallest absolute Gasteiger partial charge is 0.251 e. The van der Waals surface area contributed by atoms with Crippen molar-refractivity contribution < 1.29 is 9.21 Å². The van der Waals surface area contributed by atoms with E-state index in [1.165, 1.54) is 0 Å². The molecule has 2 aromatic rings. The number of hydrogen-bond acceptors (Lipinski definition) is 3. The first-order valence-corrected chi connectivity index (χ1v) is 6.22. The number of anilines is 1. The number of carbonyl (C=O) groups is 1. The molecule has 1 heterocycles. The number of nitrogens with one attached hydrogen (secondary N) is 2. The second kappa shape index (κ2) is 5.61. The minimum Gasteiger partial charge on any atom is -0.465 e. The van der Waals surface area contributed by atoms with Gasteiger partial charge in [0.25, 0.3) is 5.91 Å². The van der Waals surface area contributed by atoms with Crippen LogP contribution in [-0.2, 0) is 6.54 Å². The van der Waals surface area contributed by atoms with Gasteiger partial charge in [-0.25, -0.2) is 0 Å². The van der Waals surface area contributed by atoms with Crippen molar-refractivity contribution in [2.24, 2.45) is 0 Å². The summed E-state index contributed by atoms with van der Waals surface area (Å²) in [6, 6.07) is 9.41. The van der Waals surface area contributed by atoms with Crippen LogP contribution in [0.4, 0.5) is 5.69 Å². The molecule has 1 amide bonds. The van der Waals surface area contributed by atoms with Crippen LogP contribution in [0.3, 0.4) is 0 Å². The molecule has 0 spiro atoms. The van der Waals surface area contributed by atoms with E-state index < -0.39 is 0 Å². The molecule has 0 saturated heterocycles. The third-order valence-electron chi connectivity index (χ3n) is 2.98. The van der Waals surface area contributed by atoms with Crippen molar-refractivity contribution in [3.63, 3.8) is 0 Å². The van der Waals surface area contributed by atoms with Crippen LogP contribution in [0.1, 0.15) is 27.4 Å². The average Bonchev–Trinajstić information content (AvgIpc) is 2.81. The van der Waals surface area contributed by atoms with Gasteiger partial charge in [-0.1, -0.05) is 0 Å². The molecule has 0 radical (unpaired) electrons. The summed E-state index contributed by atoms with van der Waals surface area (Å²) in [5.74, 6) is 1.52. The van der Waals surface area contributed by atoms with Gasteiger partial charge >= 0.3 is 0 Å². The molecule has 0 atom stereocenters. The molecule has 0 aliphatic heterocycles. The van der Waals surface area contributed by atoms with E-state index >= 15 is 0 Å². The second-order valence-electron chi connectivity index (χ2n) is 4.47. The summed E-state index contributed by atoms with van der Waals surface area (Å²) in [6.45, 7) is 4.21. The Labute approximate surface area is 112 Å². The van der Waals surface area contributed by atoms with Crippen molar-refractivity contribution in [2.75, 3.05) is 12.4 Å². The third kappa shape index (κ3) is 3.16. The topological polar surface area (TPSA) is 54.3 Å². The van der Waals surface area contributed by atoms with Crippen LogP contribution in [0.5, 0.6) is 0 Å². The van der Waals surface area contributed by atoms with Crippen LogP contribution < -0.4 is 10.6 Å². The zero-order chi connectivity index (χ0) is 13.8. The fraction of sp³-hybridized carbons (Fsp3) is 0.267. The monoisotopic (exact) mass is 258 g/mol. The second-order valence-corrected chi connectivity index (χ2v) is 4.47. The maximum atomic E-state index is 12.1. The summed E-state index contributed by atoms with van der Waals surface area (Å²) in [6.07, 6.45) is 0. The predicted molar refractivity (Wildman–Crippen MR) is 75.3 cm³/mol. The summed E-state index contributed by atoms with van der Waals surface area (Å²) in [4.78, 5) is 12.1. The molecule has 2 rings (SSSR count). The molecule has 2 N–H and O–H groups in total. The van der Waals surface area contributed by atoms with Gasteiger partial charge in [0, 0.05) is 18.3 Å². The molecule has 100 valence electrons. The standard InChI is InChI=1S/C15H18N2O2/c1-10-8-12(16-3)5-7-14(10)15(18)17-9-13-6-4-11(2)19-13/h4-8,16H,9H2,1-3H3,(H,17,18). The van der Waals surface area contributed by atoms with Crippen molar-refractivity contribution in [3.8, 4) is 0 Å². The van der Waals surface area contributed by atoms with E-state index in [4.69, 9.17) is 4.42 Å². The molecule has 0 unspecified atom stereocenters. The Morgan fingerprint density at radius 3 is 2.58 bits per heavy atom. The number of hydrogen-bond donors (Lipinski definition) is 2. The van der Waals surface area contributed by atoms with E-state index in [1.54, 1.807) is 0 Å². The Morgan fingerprint density at radius 2 is 2.00 bits per heavy atom. The Kier molecular flexibility index (Phi) is 3.90. The van der Waals surface area contributed by atoms with Crippen LogP contribution in [0, 0.1) is 13.8 Å². The van der Waals surface area contributed by atoms with Crippen molar-refractivity contribution in [1.82, 2.24) is 5.32 Å². The van der Waals surface area contributed by atoms with Gasteiger partial charge in [-0.2, -0.15) is 0 Å². The number of carbonyl (C=O) groups excluding carboxylic acids is 1. The van der Waals surface area contributed by atoms with Gasteiger partial charge in [-0.3, -0.25) is 4.79 Å². The molecule has 0 bridgehead atoms. The summed E-state index contributed by atoms with van der Waals surface area (Å²) in [7, 11) is 1.85. The summed E-state index contributed by atoms with van der Waals surface area (Å²) in [5, 5.41) is 5.90. The Hall–Kier alpha value is -2.23. The van der Waals surface area contributed by atoms with Gasteiger partial charge in [0.05, 0.1) is 6.54 Å². The van der Waals surface area contributed by atoms with Gasteiger partial charge in [-0.05, 0) is 49.7 Å². The summed E-state index contributed by atoms with van der Waals surface area (Å²) >= 11 is 0. The molecule has 1 aromatic heterocycles. The van der Waals surface area contributed by atoms with E-state index in [0.717, 1.165) is 22.8 Å². The minimum atomic E-state index is -0.0887. The van der Waals surface area contributed by atoms with Crippen molar-refractivity contribution in [1.29, 1.82) is 0 Å². The van der Waals surface area contributed by atoms with Gasteiger partial charge < -0.3 is 15.1 Å². The lowest BCUT2D eigenvalue weighted by Gasteiger charge is -2.08. The van der Waals surface area contributed by atoms with Crippen LogP contribution >= 0.6 is 0 Å². The number of amides is 1. The Bertz CT molecular complexity index is 588. The predicted octanol–water partition coefficient (Wildman–Crippen LogP) is 2.87.